The minimum atomic E-state index is 0. The number of thiophene rings is 1. The molecular weight excluding hydrogens is 447 g/mol. The van der Waals surface area contributed by atoms with E-state index in [9.17, 15) is 0 Å². The molecule has 2 rings (SSSR count). The predicted molar refractivity (Wildman–Crippen MR) is 118 cm³/mol. The summed E-state index contributed by atoms with van der Waals surface area (Å²) in [7, 11) is 1.73. The van der Waals surface area contributed by atoms with E-state index in [1.54, 1.807) is 7.11 Å². The molecule has 2 heterocycles. The van der Waals surface area contributed by atoms with Crippen LogP contribution in [-0.4, -0.2) is 56.8 Å². The number of nitrogens with zero attached hydrogens (tertiary/aromatic N) is 2. The molecule has 0 spiro atoms. The van der Waals surface area contributed by atoms with Gasteiger partial charge in [-0.05, 0) is 57.1 Å². The summed E-state index contributed by atoms with van der Waals surface area (Å²) in [6, 6.07) is 4.64. The predicted octanol–water partition coefficient (Wildman–Crippen LogP) is 3.17. The average Bonchev–Trinajstić information content (AvgIpc) is 3.07. The van der Waals surface area contributed by atoms with E-state index in [2.05, 4.69) is 46.9 Å². The third kappa shape index (κ3) is 8.70. The summed E-state index contributed by atoms with van der Waals surface area (Å²) in [5.74, 6) is 1.60. The molecule has 0 bridgehead atoms. The van der Waals surface area contributed by atoms with Crippen molar-refractivity contribution in [3.05, 3.63) is 22.4 Å². The fourth-order valence-electron chi connectivity index (χ4n) is 3.02. The first-order valence-corrected chi connectivity index (χ1v) is 9.87. The molecule has 0 saturated carbocycles. The van der Waals surface area contributed by atoms with Crippen LogP contribution < -0.4 is 10.6 Å². The molecule has 0 aromatic carbocycles. The Morgan fingerprint density at radius 1 is 1.44 bits per heavy atom. The Kier molecular flexibility index (Phi) is 11.7. The number of halogens is 1. The highest BCUT2D eigenvalue weighted by Crippen LogP contribution is 2.20. The summed E-state index contributed by atoms with van der Waals surface area (Å²) < 4.78 is 5.18. The van der Waals surface area contributed by atoms with E-state index >= 15 is 0 Å². The molecular formula is C18H33IN4OS. The minimum Gasteiger partial charge on any atom is -0.383 e. The molecule has 0 aliphatic carbocycles. The Morgan fingerprint density at radius 2 is 2.20 bits per heavy atom. The lowest BCUT2D eigenvalue weighted by atomic mass is 9.97. The zero-order valence-corrected chi connectivity index (χ0v) is 18.8. The number of guanidine groups is 1. The summed E-state index contributed by atoms with van der Waals surface area (Å²) in [5, 5.41) is 8.89. The highest BCUT2D eigenvalue weighted by molar-refractivity contribution is 14.0. The number of nitrogens with one attached hydrogen (secondary N) is 2. The summed E-state index contributed by atoms with van der Waals surface area (Å²) in [5.41, 5.74) is 0. The molecule has 144 valence electrons. The van der Waals surface area contributed by atoms with Crippen LogP contribution in [-0.2, 0) is 11.3 Å². The standard InChI is InChI=1S/C18H32N4OS.HI/c1-4-19-18(21-15(2)14-23-3)20-12-16-7-9-22(10-8-16)13-17-6-5-11-24-17;/h5-6,11,15-16H,4,7-10,12-14H2,1-3H3,(H2,19,20,21);1H. The van der Waals surface area contributed by atoms with Crippen molar-refractivity contribution < 1.29 is 4.74 Å². The van der Waals surface area contributed by atoms with Crippen LogP contribution in [0.4, 0.5) is 0 Å². The fourth-order valence-corrected chi connectivity index (χ4v) is 3.76. The van der Waals surface area contributed by atoms with Crippen LogP contribution in [0.15, 0.2) is 22.5 Å². The van der Waals surface area contributed by atoms with Crippen LogP contribution in [0.1, 0.15) is 31.6 Å². The van der Waals surface area contributed by atoms with Gasteiger partial charge in [-0.1, -0.05) is 6.07 Å². The molecule has 1 atom stereocenters. The van der Waals surface area contributed by atoms with E-state index in [1.165, 1.54) is 30.8 Å². The smallest absolute Gasteiger partial charge is 0.191 e. The number of piperidine rings is 1. The molecule has 1 aromatic rings. The van der Waals surface area contributed by atoms with Gasteiger partial charge in [-0.25, -0.2) is 0 Å². The van der Waals surface area contributed by atoms with Crippen molar-refractivity contribution in [2.45, 2.75) is 39.3 Å². The van der Waals surface area contributed by atoms with Crippen molar-refractivity contribution in [2.24, 2.45) is 10.9 Å². The van der Waals surface area contributed by atoms with Crippen molar-refractivity contribution in [3.8, 4) is 0 Å². The first kappa shape index (κ1) is 22.7. The number of hydrogen-bond donors (Lipinski definition) is 2. The van der Waals surface area contributed by atoms with Crippen LogP contribution >= 0.6 is 35.3 Å². The molecule has 7 heteroatoms. The molecule has 5 nitrogen and oxygen atoms in total. The Bertz CT molecular complexity index is 475. The first-order valence-electron chi connectivity index (χ1n) is 8.99. The Balaban J connectivity index is 0.00000312. The molecule has 1 unspecified atom stereocenters. The van der Waals surface area contributed by atoms with Crippen molar-refractivity contribution in [1.82, 2.24) is 15.5 Å². The van der Waals surface area contributed by atoms with Crippen molar-refractivity contribution in [3.63, 3.8) is 0 Å². The highest BCUT2D eigenvalue weighted by atomic mass is 127. The molecule has 0 amide bonds. The van der Waals surface area contributed by atoms with Crippen molar-refractivity contribution in [1.29, 1.82) is 0 Å². The Labute approximate surface area is 173 Å². The number of ether oxygens (including phenoxy) is 1. The maximum absolute atomic E-state index is 5.18. The Morgan fingerprint density at radius 3 is 2.80 bits per heavy atom. The second kappa shape index (κ2) is 12.9. The van der Waals surface area contributed by atoms with Crippen LogP contribution in [0.3, 0.4) is 0 Å². The quantitative estimate of drug-likeness (QED) is 0.341. The molecule has 0 radical (unpaired) electrons. The van der Waals surface area contributed by atoms with Gasteiger partial charge in [0.1, 0.15) is 0 Å². The number of likely N-dealkylation sites (tertiary alicyclic amines) is 1. The number of aliphatic imine (C=N–C) groups is 1. The van der Waals surface area contributed by atoms with E-state index in [4.69, 9.17) is 9.73 Å². The van der Waals surface area contributed by atoms with Gasteiger partial charge in [0.15, 0.2) is 5.96 Å². The summed E-state index contributed by atoms with van der Waals surface area (Å²) in [4.78, 5) is 8.82. The average molecular weight is 480 g/mol. The SMILES string of the molecule is CCNC(=NCC1CCN(Cc2cccs2)CC1)NC(C)COC.I. The van der Waals surface area contributed by atoms with Gasteiger partial charge in [0.05, 0.1) is 6.61 Å². The van der Waals surface area contributed by atoms with E-state index < -0.39 is 0 Å². The van der Waals surface area contributed by atoms with E-state index in [1.807, 2.05) is 11.3 Å². The summed E-state index contributed by atoms with van der Waals surface area (Å²) in [6.45, 7) is 10.1. The molecule has 1 fully saturated rings. The lowest BCUT2D eigenvalue weighted by Gasteiger charge is -2.31. The molecule has 1 aliphatic rings. The van der Waals surface area contributed by atoms with Crippen molar-refractivity contribution in [2.75, 3.05) is 39.9 Å². The lowest BCUT2D eigenvalue weighted by Crippen LogP contribution is -2.44. The number of hydrogen-bond acceptors (Lipinski definition) is 4. The van der Waals surface area contributed by atoms with E-state index in [0.29, 0.717) is 12.5 Å². The van der Waals surface area contributed by atoms with Gasteiger partial charge >= 0.3 is 0 Å². The zero-order chi connectivity index (χ0) is 17.2. The summed E-state index contributed by atoms with van der Waals surface area (Å²) >= 11 is 1.86. The van der Waals surface area contributed by atoms with Crippen molar-refractivity contribution >= 4 is 41.3 Å². The fraction of sp³-hybridized carbons (Fsp3) is 0.722. The maximum atomic E-state index is 5.18. The molecule has 1 aromatic heterocycles. The van der Waals surface area contributed by atoms with Gasteiger partial charge in [0.2, 0.25) is 0 Å². The van der Waals surface area contributed by atoms with Crippen LogP contribution in [0.2, 0.25) is 0 Å². The normalized spacial score (nSPS) is 17.8. The monoisotopic (exact) mass is 480 g/mol. The Hall–Kier alpha value is -0.380. The second-order valence-corrected chi connectivity index (χ2v) is 7.55. The van der Waals surface area contributed by atoms with Gasteiger partial charge in [-0.3, -0.25) is 9.89 Å². The number of methoxy groups -OCH3 is 1. The maximum Gasteiger partial charge on any atom is 0.191 e. The van der Waals surface area contributed by atoms with E-state index in [-0.39, 0.29) is 30.0 Å². The van der Waals surface area contributed by atoms with Crippen LogP contribution in [0.25, 0.3) is 0 Å². The lowest BCUT2D eigenvalue weighted by molar-refractivity contribution is 0.178. The van der Waals surface area contributed by atoms with Gasteiger partial charge in [0, 0.05) is 37.7 Å². The minimum absolute atomic E-state index is 0. The number of rotatable bonds is 8. The third-order valence-corrected chi connectivity index (χ3v) is 5.18. The highest BCUT2D eigenvalue weighted by Gasteiger charge is 2.19. The molecule has 1 saturated heterocycles. The van der Waals surface area contributed by atoms with Gasteiger partial charge in [0.25, 0.3) is 0 Å². The first-order chi connectivity index (χ1) is 11.7. The van der Waals surface area contributed by atoms with Crippen LogP contribution in [0.5, 0.6) is 0 Å². The van der Waals surface area contributed by atoms with Gasteiger partial charge < -0.3 is 15.4 Å². The summed E-state index contributed by atoms with van der Waals surface area (Å²) in [6.07, 6.45) is 2.48. The van der Waals surface area contributed by atoms with Gasteiger partial charge in [-0.2, -0.15) is 0 Å². The second-order valence-electron chi connectivity index (χ2n) is 6.52. The topological polar surface area (TPSA) is 48.9 Å². The molecule has 25 heavy (non-hydrogen) atoms. The van der Waals surface area contributed by atoms with Gasteiger partial charge in [-0.15, -0.1) is 35.3 Å². The zero-order valence-electron chi connectivity index (χ0n) is 15.7. The van der Waals surface area contributed by atoms with E-state index in [0.717, 1.165) is 25.6 Å². The molecule has 1 aliphatic heterocycles. The largest absolute Gasteiger partial charge is 0.383 e. The third-order valence-electron chi connectivity index (χ3n) is 4.32. The molecule has 2 N–H and O–H groups in total. The van der Waals surface area contributed by atoms with Crippen LogP contribution in [0, 0.1) is 5.92 Å².